The fourth-order valence-electron chi connectivity index (χ4n) is 5.82. The predicted molar refractivity (Wildman–Crippen MR) is 141 cm³/mol. The van der Waals surface area contributed by atoms with Crippen LogP contribution in [0.5, 0.6) is 11.5 Å². The topological polar surface area (TPSA) is 59.1 Å². The molecule has 0 saturated carbocycles. The number of nitrogens with zero attached hydrogens (tertiary/aromatic N) is 2. The van der Waals surface area contributed by atoms with Crippen LogP contribution in [0.3, 0.4) is 0 Å². The molecule has 1 unspecified atom stereocenters. The average molecular weight is 489 g/mol. The monoisotopic (exact) mass is 488 g/mol. The van der Waals surface area contributed by atoms with Crippen molar-refractivity contribution in [2.24, 2.45) is 0 Å². The molecule has 3 aliphatic rings. The van der Waals surface area contributed by atoms with E-state index in [1.54, 1.807) is 11.9 Å². The highest BCUT2D eigenvalue weighted by molar-refractivity contribution is 6.12. The molecule has 0 aromatic heterocycles. The second-order valence-corrected chi connectivity index (χ2v) is 9.68. The standard InChI is InChI=1S/C31H24N2O4/c1-32-26-15-24-27(16-28(26)36-18-29(32)34)37-19-31(24)23-13-7-8-14-25(23)33(30(31)35)17-21-11-5-6-12-22(21)20-9-3-2-4-10-20/h2-16H,17-19H2,1H3. The van der Waals surface area contributed by atoms with Crippen LogP contribution >= 0.6 is 0 Å². The number of likely N-dealkylation sites (N-methyl/N-ethyl adjacent to an activating group) is 1. The zero-order chi connectivity index (χ0) is 25.1. The lowest BCUT2D eigenvalue weighted by molar-refractivity contribution is -0.122. The highest BCUT2D eigenvalue weighted by Crippen LogP contribution is 2.55. The van der Waals surface area contributed by atoms with E-state index >= 15 is 0 Å². The number of carbonyl (C=O) groups is 2. The van der Waals surface area contributed by atoms with Crippen molar-refractivity contribution in [2.75, 3.05) is 30.1 Å². The first-order chi connectivity index (χ1) is 18.1. The van der Waals surface area contributed by atoms with Crippen molar-refractivity contribution in [2.45, 2.75) is 12.0 Å². The quantitative estimate of drug-likeness (QED) is 0.410. The molecular formula is C31H24N2O4. The number of fused-ring (bicyclic) bond motifs is 5. The number of amides is 2. The Balaban J connectivity index is 1.35. The van der Waals surface area contributed by atoms with E-state index in [-0.39, 0.29) is 25.0 Å². The molecule has 0 N–H and O–H groups in total. The Bertz CT molecular complexity index is 1580. The number of para-hydroxylation sites is 1. The summed E-state index contributed by atoms with van der Waals surface area (Å²) in [6.07, 6.45) is 0. The minimum atomic E-state index is -0.982. The molecule has 6 nitrogen and oxygen atoms in total. The summed E-state index contributed by atoms with van der Waals surface area (Å²) in [4.78, 5) is 30.2. The fraction of sp³-hybridized carbons (Fsp3) is 0.161. The van der Waals surface area contributed by atoms with E-state index in [0.29, 0.717) is 23.7 Å². The Morgan fingerprint density at radius 1 is 0.784 bits per heavy atom. The van der Waals surface area contributed by atoms with Crippen molar-refractivity contribution in [1.29, 1.82) is 0 Å². The van der Waals surface area contributed by atoms with Gasteiger partial charge in [0.2, 0.25) is 5.91 Å². The molecule has 6 heteroatoms. The summed E-state index contributed by atoms with van der Waals surface area (Å²) in [5, 5.41) is 0. The first-order valence-electron chi connectivity index (χ1n) is 12.3. The molecule has 1 spiro atoms. The van der Waals surface area contributed by atoms with Gasteiger partial charge in [-0.2, -0.15) is 0 Å². The van der Waals surface area contributed by atoms with Crippen molar-refractivity contribution < 1.29 is 19.1 Å². The van der Waals surface area contributed by atoms with E-state index in [9.17, 15) is 9.59 Å². The minimum absolute atomic E-state index is 0.0101. The molecule has 3 heterocycles. The molecule has 4 aromatic carbocycles. The Kier molecular flexibility index (Phi) is 4.67. The first kappa shape index (κ1) is 21.7. The third-order valence-corrected chi connectivity index (χ3v) is 7.75. The Morgan fingerprint density at radius 3 is 2.41 bits per heavy atom. The van der Waals surface area contributed by atoms with Gasteiger partial charge in [0.15, 0.2) is 6.61 Å². The highest BCUT2D eigenvalue weighted by atomic mass is 16.5. The molecule has 3 aliphatic heterocycles. The molecule has 0 fully saturated rings. The molecule has 0 radical (unpaired) electrons. The van der Waals surface area contributed by atoms with Gasteiger partial charge >= 0.3 is 0 Å². The zero-order valence-corrected chi connectivity index (χ0v) is 20.3. The van der Waals surface area contributed by atoms with Crippen molar-refractivity contribution in [3.8, 4) is 22.6 Å². The zero-order valence-electron chi connectivity index (χ0n) is 20.3. The third kappa shape index (κ3) is 3.05. The molecule has 7 rings (SSSR count). The molecule has 0 aliphatic carbocycles. The maximum Gasteiger partial charge on any atom is 0.264 e. The maximum absolute atomic E-state index is 14.4. The summed E-state index contributed by atoms with van der Waals surface area (Å²) in [6.45, 7) is 0.629. The van der Waals surface area contributed by atoms with E-state index in [2.05, 4.69) is 24.3 Å². The largest absolute Gasteiger partial charge is 0.491 e. The maximum atomic E-state index is 14.4. The van der Waals surface area contributed by atoms with Gasteiger partial charge in [-0.15, -0.1) is 0 Å². The smallest absolute Gasteiger partial charge is 0.264 e. The van der Waals surface area contributed by atoms with E-state index in [1.165, 1.54) is 0 Å². The van der Waals surface area contributed by atoms with Gasteiger partial charge < -0.3 is 19.3 Å². The minimum Gasteiger partial charge on any atom is -0.491 e. The molecule has 37 heavy (non-hydrogen) atoms. The highest BCUT2D eigenvalue weighted by Gasteiger charge is 2.57. The molecule has 182 valence electrons. The molecule has 4 aromatic rings. The summed E-state index contributed by atoms with van der Waals surface area (Å²) in [5.74, 6) is 1.06. The van der Waals surface area contributed by atoms with Gasteiger partial charge in [0.25, 0.3) is 5.91 Å². The van der Waals surface area contributed by atoms with E-state index in [4.69, 9.17) is 9.47 Å². The third-order valence-electron chi connectivity index (χ3n) is 7.75. The second kappa shape index (κ2) is 7.96. The van der Waals surface area contributed by atoms with Crippen LogP contribution in [0.4, 0.5) is 11.4 Å². The van der Waals surface area contributed by atoms with Crippen molar-refractivity contribution in [3.63, 3.8) is 0 Å². The Morgan fingerprint density at radius 2 is 1.54 bits per heavy atom. The van der Waals surface area contributed by atoms with Gasteiger partial charge in [0.1, 0.15) is 23.5 Å². The van der Waals surface area contributed by atoms with Gasteiger partial charge in [-0.25, -0.2) is 0 Å². The number of carbonyl (C=O) groups excluding carboxylic acids is 2. The number of anilines is 2. The summed E-state index contributed by atoms with van der Waals surface area (Å²) in [7, 11) is 1.73. The van der Waals surface area contributed by atoms with Crippen LogP contribution in [0.2, 0.25) is 0 Å². The van der Waals surface area contributed by atoms with Crippen LogP contribution in [0.15, 0.2) is 91.0 Å². The summed E-state index contributed by atoms with van der Waals surface area (Å²) < 4.78 is 11.8. The fourth-order valence-corrected chi connectivity index (χ4v) is 5.82. The number of benzene rings is 4. The first-order valence-corrected chi connectivity index (χ1v) is 12.3. The van der Waals surface area contributed by atoms with Gasteiger partial charge in [0, 0.05) is 24.4 Å². The molecule has 0 saturated heterocycles. The predicted octanol–water partition coefficient (Wildman–Crippen LogP) is 4.93. The van der Waals surface area contributed by atoms with Crippen molar-refractivity contribution in [1.82, 2.24) is 0 Å². The number of hydrogen-bond donors (Lipinski definition) is 0. The molecule has 2 amide bonds. The second-order valence-electron chi connectivity index (χ2n) is 9.68. The number of ether oxygens (including phenoxy) is 2. The molecular weight excluding hydrogens is 464 g/mol. The lowest BCUT2D eigenvalue weighted by Crippen LogP contribution is -2.42. The normalized spacial score (nSPS) is 19.4. The Labute approximate surface area is 214 Å². The van der Waals surface area contributed by atoms with Crippen molar-refractivity contribution >= 4 is 23.2 Å². The van der Waals surface area contributed by atoms with E-state index in [1.807, 2.05) is 71.6 Å². The van der Waals surface area contributed by atoms with E-state index < -0.39 is 5.41 Å². The van der Waals surface area contributed by atoms with Gasteiger partial charge in [-0.1, -0.05) is 72.8 Å². The Hall–Kier alpha value is -4.58. The summed E-state index contributed by atoms with van der Waals surface area (Å²) in [5.41, 5.74) is 5.52. The lowest BCUT2D eigenvalue weighted by atomic mass is 9.77. The molecule has 1 atom stereocenters. The van der Waals surface area contributed by atoms with Crippen LogP contribution in [0.1, 0.15) is 16.7 Å². The van der Waals surface area contributed by atoms with Crippen LogP contribution in [-0.4, -0.2) is 32.1 Å². The van der Waals surface area contributed by atoms with Crippen LogP contribution in [-0.2, 0) is 21.5 Å². The van der Waals surface area contributed by atoms with Crippen LogP contribution in [0.25, 0.3) is 11.1 Å². The van der Waals surface area contributed by atoms with Gasteiger partial charge in [0.05, 0.1) is 12.2 Å². The van der Waals surface area contributed by atoms with Crippen LogP contribution in [0, 0.1) is 0 Å². The van der Waals surface area contributed by atoms with E-state index in [0.717, 1.165) is 33.5 Å². The summed E-state index contributed by atoms with van der Waals surface area (Å²) in [6, 6.07) is 30.1. The lowest BCUT2D eigenvalue weighted by Gasteiger charge is -2.28. The number of rotatable bonds is 3. The van der Waals surface area contributed by atoms with Gasteiger partial charge in [-0.05, 0) is 34.4 Å². The van der Waals surface area contributed by atoms with Gasteiger partial charge in [-0.3, -0.25) is 9.59 Å². The number of hydrogen-bond acceptors (Lipinski definition) is 4. The average Bonchev–Trinajstić information content (AvgIpc) is 3.43. The SMILES string of the molecule is CN1C(=O)COc2cc3c(cc21)C1(CO3)C(=O)N(Cc2ccccc2-c2ccccc2)c2ccccc21. The van der Waals surface area contributed by atoms with Crippen molar-refractivity contribution in [3.05, 3.63) is 108 Å². The van der Waals surface area contributed by atoms with Crippen LogP contribution < -0.4 is 19.3 Å². The molecule has 0 bridgehead atoms. The summed E-state index contributed by atoms with van der Waals surface area (Å²) >= 11 is 0.